The van der Waals surface area contributed by atoms with Crippen LogP contribution in [0.1, 0.15) is 11.1 Å². The molecule has 0 bridgehead atoms. The van der Waals surface area contributed by atoms with E-state index in [0.717, 1.165) is 5.69 Å². The Balaban J connectivity index is 1.84. The Bertz CT molecular complexity index is 554. The van der Waals surface area contributed by atoms with Gasteiger partial charge >= 0.3 is 0 Å². The van der Waals surface area contributed by atoms with E-state index in [9.17, 15) is 4.39 Å². The number of para-hydroxylation sites is 1. The predicted octanol–water partition coefficient (Wildman–Crippen LogP) is 3.93. The molecule has 0 amide bonds. The van der Waals surface area contributed by atoms with E-state index in [2.05, 4.69) is 37.4 Å². The number of ether oxygens (including phenoxy) is 1. The molecule has 0 heterocycles. The molecule has 0 spiro atoms. The Hall–Kier alpha value is -2.03. The van der Waals surface area contributed by atoms with Crippen molar-refractivity contribution in [2.45, 2.75) is 13.8 Å². The van der Waals surface area contributed by atoms with E-state index in [1.54, 1.807) is 18.2 Å². The third kappa shape index (κ3) is 3.71. The van der Waals surface area contributed by atoms with E-state index >= 15 is 0 Å². The van der Waals surface area contributed by atoms with Gasteiger partial charge in [0.1, 0.15) is 6.61 Å². The minimum atomic E-state index is -0.325. The molecule has 1 N–H and O–H groups in total. The van der Waals surface area contributed by atoms with Gasteiger partial charge in [-0.3, -0.25) is 0 Å². The Morgan fingerprint density at radius 3 is 2.68 bits per heavy atom. The lowest BCUT2D eigenvalue weighted by molar-refractivity contribution is 0.315. The van der Waals surface area contributed by atoms with Gasteiger partial charge < -0.3 is 10.1 Å². The zero-order valence-corrected chi connectivity index (χ0v) is 11.2. The lowest BCUT2D eigenvalue weighted by Gasteiger charge is -2.11. The summed E-state index contributed by atoms with van der Waals surface area (Å²) in [6.07, 6.45) is 0. The maximum Gasteiger partial charge on any atom is 0.165 e. The number of nitrogens with one attached hydrogen (secondary N) is 1. The van der Waals surface area contributed by atoms with Crippen LogP contribution in [0.25, 0.3) is 0 Å². The zero-order chi connectivity index (χ0) is 13.7. The molecule has 0 saturated carbocycles. The van der Waals surface area contributed by atoms with Crippen LogP contribution in [0.4, 0.5) is 10.1 Å². The third-order valence-corrected chi connectivity index (χ3v) is 2.90. The Labute approximate surface area is 113 Å². The summed E-state index contributed by atoms with van der Waals surface area (Å²) in [5.74, 6) is -0.0282. The summed E-state index contributed by atoms with van der Waals surface area (Å²) in [7, 11) is 0. The number of rotatable bonds is 5. The largest absolute Gasteiger partial charge is 0.489 e. The molecule has 100 valence electrons. The summed E-state index contributed by atoms with van der Waals surface area (Å²) >= 11 is 0. The molecule has 0 aromatic heterocycles. The van der Waals surface area contributed by atoms with E-state index < -0.39 is 0 Å². The molecule has 2 rings (SSSR count). The summed E-state index contributed by atoms with van der Waals surface area (Å²) < 4.78 is 18.7. The number of hydrogen-bond acceptors (Lipinski definition) is 2. The summed E-state index contributed by atoms with van der Waals surface area (Å²) in [6, 6.07) is 12.7. The summed E-state index contributed by atoms with van der Waals surface area (Å²) in [6.45, 7) is 5.17. The summed E-state index contributed by atoms with van der Waals surface area (Å²) in [5.41, 5.74) is 3.50. The average Bonchev–Trinajstić information content (AvgIpc) is 2.40. The van der Waals surface area contributed by atoms with Gasteiger partial charge in [-0.05, 0) is 43.2 Å². The first-order valence-corrected chi connectivity index (χ1v) is 6.35. The van der Waals surface area contributed by atoms with Gasteiger partial charge in [0.15, 0.2) is 11.6 Å². The highest BCUT2D eigenvalue weighted by Gasteiger charge is 2.01. The van der Waals surface area contributed by atoms with Crippen molar-refractivity contribution in [1.82, 2.24) is 0 Å². The number of benzene rings is 2. The third-order valence-electron chi connectivity index (χ3n) is 2.90. The van der Waals surface area contributed by atoms with Gasteiger partial charge in [0.05, 0.1) is 0 Å². The molecule has 0 aliphatic rings. The van der Waals surface area contributed by atoms with Crippen molar-refractivity contribution < 1.29 is 9.13 Å². The highest BCUT2D eigenvalue weighted by atomic mass is 19.1. The molecule has 3 heteroatoms. The predicted molar refractivity (Wildman–Crippen MR) is 76.3 cm³/mol. The van der Waals surface area contributed by atoms with E-state index in [1.165, 1.54) is 17.2 Å². The first-order chi connectivity index (χ1) is 9.16. The average molecular weight is 259 g/mol. The van der Waals surface area contributed by atoms with Crippen LogP contribution >= 0.6 is 0 Å². The molecule has 0 radical (unpaired) electrons. The second-order valence-electron chi connectivity index (χ2n) is 4.52. The van der Waals surface area contributed by atoms with E-state index in [0.29, 0.717) is 18.9 Å². The summed E-state index contributed by atoms with van der Waals surface area (Å²) in [5, 5.41) is 3.30. The van der Waals surface area contributed by atoms with E-state index in [4.69, 9.17) is 4.74 Å². The van der Waals surface area contributed by atoms with Gasteiger partial charge in [0.2, 0.25) is 0 Å². The Morgan fingerprint density at radius 1 is 1.11 bits per heavy atom. The number of aryl methyl sites for hydroxylation is 2. The monoisotopic (exact) mass is 259 g/mol. The van der Waals surface area contributed by atoms with Crippen LogP contribution in [0.5, 0.6) is 5.75 Å². The smallest absolute Gasteiger partial charge is 0.165 e. The second-order valence-corrected chi connectivity index (χ2v) is 4.52. The van der Waals surface area contributed by atoms with Gasteiger partial charge in [-0.1, -0.05) is 24.3 Å². The number of hydrogen-bond donors (Lipinski definition) is 1. The molecule has 0 fully saturated rings. The van der Waals surface area contributed by atoms with Gasteiger partial charge in [-0.2, -0.15) is 0 Å². The Morgan fingerprint density at radius 2 is 1.89 bits per heavy atom. The Kier molecular flexibility index (Phi) is 4.39. The highest BCUT2D eigenvalue weighted by molar-refractivity contribution is 5.52. The normalized spacial score (nSPS) is 10.3. The van der Waals surface area contributed by atoms with Crippen molar-refractivity contribution in [1.29, 1.82) is 0 Å². The fraction of sp³-hybridized carbons (Fsp3) is 0.250. The molecule has 0 aliphatic heterocycles. The van der Waals surface area contributed by atoms with Crippen LogP contribution in [-0.4, -0.2) is 13.2 Å². The summed E-state index contributed by atoms with van der Waals surface area (Å²) in [4.78, 5) is 0. The molecular weight excluding hydrogens is 241 g/mol. The number of halogens is 1. The minimum Gasteiger partial charge on any atom is -0.489 e. The maximum atomic E-state index is 13.3. The van der Waals surface area contributed by atoms with Crippen LogP contribution in [0.15, 0.2) is 42.5 Å². The van der Waals surface area contributed by atoms with Crippen LogP contribution in [0, 0.1) is 19.7 Å². The van der Waals surface area contributed by atoms with E-state index in [-0.39, 0.29) is 5.82 Å². The fourth-order valence-corrected chi connectivity index (χ4v) is 1.83. The highest BCUT2D eigenvalue weighted by Crippen LogP contribution is 2.17. The van der Waals surface area contributed by atoms with Crippen molar-refractivity contribution >= 4 is 5.69 Å². The molecule has 2 aromatic carbocycles. The SMILES string of the molecule is Cc1ccc(C)c(NCCOc2ccccc2F)c1. The maximum absolute atomic E-state index is 13.3. The van der Waals surface area contributed by atoms with Gasteiger partial charge in [-0.15, -0.1) is 0 Å². The second kappa shape index (κ2) is 6.23. The van der Waals surface area contributed by atoms with Crippen LogP contribution in [-0.2, 0) is 0 Å². The van der Waals surface area contributed by atoms with E-state index in [1.807, 2.05) is 0 Å². The van der Waals surface area contributed by atoms with Crippen LogP contribution in [0.3, 0.4) is 0 Å². The molecule has 0 atom stereocenters. The van der Waals surface area contributed by atoms with Crippen molar-refractivity contribution in [3.8, 4) is 5.75 Å². The zero-order valence-electron chi connectivity index (χ0n) is 11.2. The quantitative estimate of drug-likeness (QED) is 0.821. The van der Waals surface area contributed by atoms with Crippen molar-refractivity contribution in [3.05, 3.63) is 59.4 Å². The van der Waals surface area contributed by atoms with Gasteiger partial charge in [-0.25, -0.2) is 4.39 Å². The first-order valence-electron chi connectivity index (χ1n) is 6.35. The van der Waals surface area contributed by atoms with Crippen LogP contribution in [0.2, 0.25) is 0 Å². The minimum absolute atomic E-state index is 0.297. The molecule has 19 heavy (non-hydrogen) atoms. The van der Waals surface area contributed by atoms with Crippen molar-refractivity contribution in [2.24, 2.45) is 0 Å². The van der Waals surface area contributed by atoms with Gasteiger partial charge in [0, 0.05) is 12.2 Å². The molecular formula is C16H18FNO. The number of anilines is 1. The van der Waals surface area contributed by atoms with Crippen molar-refractivity contribution in [2.75, 3.05) is 18.5 Å². The molecule has 0 unspecified atom stereocenters. The standard InChI is InChI=1S/C16H18FNO/c1-12-7-8-13(2)15(11-12)18-9-10-19-16-6-4-3-5-14(16)17/h3-8,11,18H,9-10H2,1-2H3. The lowest BCUT2D eigenvalue weighted by Crippen LogP contribution is -2.12. The molecule has 0 aliphatic carbocycles. The molecule has 2 aromatic rings. The van der Waals surface area contributed by atoms with Crippen molar-refractivity contribution in [3.63, 3.8) is 0 Å². The lowest BCUT2D eigenvalue weighted by atomic mass is 10.1. The molecule has 2 nitrogen and oxygen atoms in total. The fourth-order valence-electron chi connectivity index (χ4n) is 1.83. The van der Waals surface area contributed by atoms with Crippen LogP contribution < -0.4 is 10.1 Å². The van der Waals surface area contributed by atoms with Gasteiger partial charge in [0.25, 0.3) is 0 Å². The topological polar surface area (TPSA) is 21.3 Å². The first kappa shape index (κ1) is 13.4. The molecule has 0 saturated heterocycles.